The third kappa shape index (κ3) is 14.6. The molecule has 2 aliphatic carbocycles. The molecular formula is C68H98Cl3N2O2Ru2-2. The van der Waals surface area contributed by atoms with Crippen molar-refractivity contribution in [3.8, 4) is 11.5 Å². The van der Waals surface area contributed by atoms with Crippen molar-refractivity contribution in [2.75, 3.05) is 9.80 Å². The molecule has 0 radical (unpaired) electrons. The minimum absolute atomic E-state index is 0.163. The monoisotopic (exact) mass is 1280 g/mol. The molecule has 9 heteroatoms. The van der Waals surface area contributed by atoms with E-state index in [1.54, 1.807) is 0 Å². The fraction of sp³-hybridized carbons (Fsp3) is 0.588. The molecule has 4 aromatic rings. The Morgan fingerprint density at radius 2 is 0.896 bits per heavy atom. The van der Waals surface area contributed by atoms with E-state index >= 15 is 0 Å². The summed E-state index contributed by atoms with van der Waals surface area (Å²) in [5.41, 5.74) is 12.2. The molecule has 431 valence electrons. The molecule has 8 atom stereocenters. The summed E-state index contributed by atoms with van der Waals surface area (Å²) in [7, 11) is 17.4. The van der Waals surface area contributed by atoms with E-state index < -0.39 is 13.5 Å². The van der Waals surface area contributed by atoms with Gasteiger partial charge in [0.15, 0.2) is 0 Å². The molecule has 4 aliphatic heterocycles. The third-order valence-electron chi connectivity index (χ3n) is 18.4. The Hall–Kier alpha value is -2.06. The molecule has 2 unspecified atom stereocenters. The molecular weight excluding hydrogens is 1190 g/mol. The Morgan fingerprint density at radius 1 is 0.545 bits per heavy atom. The first-order valence-electron chi connectivity index (χ1n) is 29.2. The maximum atomic E-state index is 5.82. The standard InChI is InChI=1S/C48H74N2.2C10H12O.3ClH.2Ru/c1-31(2)39-17-15-18-40(32(3)4)43(39)49-29-47(25-23-45(49,13)27-37(47)11)35(9)21-22-36(10)48-26-24-46(14,28-38(48)12)50(30-48)44-41(33(5)6)19-16-20-42(44)34(7)8;2*1-8(2)11-10-7-5-4-6-9(10)3;;;;;/h15-20,29-38H,21-28H2,1-14H3;2*3-8H,1-2H3;3*1H;;/q-2;;;;;;+1;+2/p-3/t35?,36?,37-,38+,45-,46+,47-,48+;;;;;;;. The zero-order chi connectivity index (χ0) is 56.8. The number of ether oxygens (including phenoxy) is 2. The summed E-state index contributed by atoms with van der Waals surface area (Å²) in [4.78, 5) is 5.68. The molecule has 4 saturated heterocycles. The molecule has 2 saturated carbocycles. The van der Waals surface area contributed by atoms with E-state index in [9.17, 15) is 0 Å². The summed E-state index contributed by atoms with van der Waals surface area (Å²) in [6.07, 6.45) is 10.9. The van der Waals surface area contributed by atoms with Crippen LogP contribution in [-0.2, 0) is 29.2 Å². The topological polar surface area (TPSA) is 24.9 Å². The van der Waals surface area contributed by atoms with Crippen LogP contribution >= 0.6 is 29.1 Å². The number of hydrogen-bond acceptors (Lipinski definition) is 4. The Kier molecular flexibility index (Phi) is 22.8. The quantitative estimate of drug-likeness (QED) is 0.0777. The van der Waals surface area contributed by atoms with Crippen molar-refractivity contribution in [1.29, 1.82) is 0 Å². The molecule has 4 aromatic carbocycles. The average Bonchev–Trinajstić information content (AvgIpc) is 3.36. The van der Waals surface area contributed by atoms with Gasteiger partial charge in [0, 0.05) is 22.5 Å². The second-order valence-corrected chi connectivity index (χ2v) is 33.4. The molecule has 6 fully saturated rings. The van der Waals surface area contributed by atoms with Crippen LogP contribution in [0.2, 0.25) is 0 Å². The van der Waals surface area contributed by atoms with Gasteiger partial charge in [-0.05, 0) is 85.5 Å². The Morgan fingerprint density at radius 3 is 1.22 bits per heavy atom. The number of halogens is 3. The van der Waals surface area contributed by atoms with E-state index in [4.69, 9.17) is 38.5 Å². The SMILES string of the molecule is CC(C)Oc1ccccc1[CH]=[Ru]([Cl])[Cl].CC(C)Oc1ccccc1[CH]=[Ru][Cl].CC(C)c1cccc(C(C)C)c1N1[CH-][C@]2(C(C)CCC(C)[C@]34[CH-]N(c5c(C(C)C)cccc5C(C)C)[C@](C)(CC3)C[C@H]4C)CC[C@@]1(C)C[C@@H]2C. The van der Waals surface area contributed by atoms with Crippen LogP contribution in [-0.4, -0.2) is 32.5 Å². The Balaban J connectivity index is 0.000000288. The summed E-state index contributed by atoms with van der Waals surface area (Å²) in [5.74, 6) is 6.58. The third-order valence-corrected chi connectivity index (χ3v) is 21.4. The van der Waals surface area contributed by atoms with Crippen LogP contribution in [0.1, 0.15) is 233 Å². The van der Waals surface area contributed by atoms with Gasteiger partial charge in [0.05, 0.1) is 0 Å². The van der Waals surface area contributed by atoms with Crippen LogP contribution < -0.4 is 19.3 Å². The minimum atomic E-state index is -1.77. The van der Waals surface area contributed by atoms with E-state index in [-0.39, 0.29) is 49.8 Å². The van der Waals surface area contributed by atoms with Crippen molar-refractivity contribution in [1.82, 2.24) is 0 Å². The molecule has 4 heterocycles. The number of anilines is 2. The van der Waals surface area contributed by atoms with E-state index in [1.165, 1.54) is 85.0 Å². The van der Waals surface area contributed by atoms with E-state index in [0.717, 1.165) is 22.6 Å². The molecule has 4 nitrogen and oxygen atoms in total. The van der Waals surface area contributed by atoms with Crippen molar-refractivity contribution in [2.45, 2.75) is 223 Å². The molecule has 0 N–H and O–H groups in total. The Labute approximate surface area is 494 Å². The number of benzene rings is 4. The van der Waals surface area contributed by atoms with Gasteiger partial charge in [-0.15, -0.1) is 10.8 Å². The summed E-state index contributed by atoms with van der Waals surface area (Å²) in [6, 6.07) is 30.0. The van der Waals surface area contributed by atoms with Crippen LogP contribution in [0.4, 0.5) is 11.4 Å². The summed E-state index contributed by atoms with van der Waals surface area (Å²) >= 11 is -1.96. The zero-order valence-electron chi connectivity index (χ0n) is 50.4. The van der Waals surface area contributed by atoms with Crippen molar-refractivity contribution in [3.63, 3.8) is 0 Å². The Bertz CT molecular complexity index is 2460. The van der Waals surface area contributed by atoms with Gasteiger partial charge in [0.2, 0.25) is 0 Å². The number of para-hydroxylation sites is 4. The van der Waals surface area contributed by atoms with Crippen LogP contribution in [0, 0.1) is 47.6 Å². The van der Waals surface area contributed by atoms with Crippen LogP contribution in [0.3, 0.4) is 0 Å². The van der Waals surface area contributed by atoms with Crippen molar-refractivity contribution >= 4 is 49.7 Å². The molecule has 0 aromatic heterocycles. The van der Waals surface area contributed by atoms with Crippen molar-refractivity contribution in [2.24, 2.45) is 34.5 Å². The van der Waals surface area contributed by atoms with E-state index in [0.29, 0.717) is 47.3 Å². The van der Waals surface area contributed by atoms with Gasteiger partial charge in [0.1, 0.15) is 0 Å². The first kappa shape index (κ1) is 64.1. The van der Waals surface area contributed by atoms with Crippen LogP contribution in [0.25, 0.3) is 0 Å². The fourth-order valence-corrected chi connectivity index (χ4v) is 16.9. The smallest absolute Gasteiger partial charge is 0.0145 e. The summed E-state index contributed by atoms with van der Waals surface area (Å²) in [5, 5.41) is 0. The molecule has 0 amide bonds. The van der Waals surface area contributed by atoms with Gasteiger partial charge in [-0.2, -0.15) is 0 Å². The van der Waals surface area contributed by atoms with Gasteiger partial charge in [0.25, 0.3) is 0 Å². The average molecular weight is 1280 g/mol. The number of fused-ring (bicyclic) bond motifs is 6. The maximum absolute atomic E-state index is 5.82. The predicted molar refractivity (Wildman–Crippen MR) is 330 cm³/mol. The molecule has 4 bridgehead atoms. The summed E-state index contributed by atoms with van der Waals surface area (Å²) < 4.78 is 15.2. The van der Waals surface area contributed by atoms with Gasteiger partial charge >= 0.3 is 188 Å². The first-order valence-corrected chi connectivity index (χ1v) is 37.9. The van der Waals surface area contributed by atoms with Crippen molar-refractivity contribution in [3.05, 3.63) is 131 Å². The van der Waals surface area contributed by atoms with Crippen molar-refractivity contribution < 1.29 is 38.7 Å². The van der Waals surface area contributed by atoms with E-state index in [1.807, 2.05) is 85.4 Å². The number of nitrogens with zero attached hydrogens (tertiary/aromatic N) is 2. The van der Waals surface area contributed by atoms with Crippen LogP contribution in [0.15, 0.2) is 84.9 Å². The number of rotatable bonds is 17. The van der Waals surface area contributed by atoms with Gasteiger partial charge in [-0.1, -0.05) is 169 Å². The zero-order valence-corrected chi connectivity index (χ0v) is 56.1. The number of piperidine rings is 4. The minimum Gasteiger partial charge on any atom is -0.517 e. The van der Waals surface area contributed by atoms with Crippen LogP contribution in [0.5, 0.6) is 11.5 Å². The first-order chi connectivity index (χ1) is 36.2. The fourth-order valence-electron chi connectivity index (χ4n) is 14.0. The van der Waals surface area contributed by atoms with Gasteiger partial charge in [-0.3, -0.25) is 0 Å². The molecule has 0 spiro atoms. The van der Waals surface area contributed by atoms with E-state index in [2.05, 4.69) is 156 Å². The summed E-state index contributed by atoms with van der Waals surface area (Å²) in [6.45, 7) is 48.3. The predicted octanol–water partition coefficient (Wildman–Crippen LogP) is 20.4. The number of hydrogen-bond donors (Lipinski definition) is 0. The maximum Gasteiger partial charge on any atom is 0.0145 e. The molecule has 10 rings (SSSR count). The molecule has 6 aliphatic rings. The van der Waals surface area contributed by atoms with Gasteiger partial charge in [-0.25, -0.2) is 13.1 Å². The normalized spacial score (nSPS) is 25.9. The van der Waals surface area contributed by atoms with Gasteiger partial charge < -0.3 is 9.80 Å². The second kappa shape index (κ2) is 27.3. The largest absolute Gasteiger partial charge is 0.517 e. The molecule has 77 heavy (non-hydrogen) atoms. The second-order valence-electron chi connectivity index (χ2n) is 25.9.